The van der Waals surface area contributed by atoms with Crippen molar-refractivity contribution in [2.75, 3.05) is 6.54 Å². The zero-order valence-corrected chi connectivity index (χ0v) is 12.6. The third-order valence-electron chi connectivity index (χ3n) is 4.81. The van der Waals surface area contributed by atoms with Gasteiger partial charge in [-0.05, 0) is 37.7 Å². The Bertz CT molecular complexity index is 515. The van der Waals surface area contributed by atoms with E-state index in [-0.39, 0.29) is 6.10 Å². The molecule has 2 atom stereocenters. The number of primary amides is 1. The van der Waals surface area contributed by atoms with Gasteiger partial charge in [0.05, 0.1) is 0 Å². The number of amides is 1. The molecule has 2 aliphatic rings. The molecule has 1 amide bonds. The lowest BCUT2D eigenvalue weighted by Crippen LogP contribution is -2.43. The van der Waals surface area contributed by atoms with Crippen LogP contribution in [0.5, 0.6) is 0 Å². The molecule has 0 bridgehead atoms. The quantitative estimate of drug-likeness (QED) is 0.879. The summed E-state index contributed by atoms with van der Waals surface area (Å²) in [4.78, 5) is 10.7. The number of benzene rings is 1. The van der Waals surface area contributed by atoms with E-state index in [4.69, 9.17) is 10.5 Å². The second kappa shape index (κ2) is 6.24. The van der Waals surface area contributed by atoms with Crippen LogP contribution in [0, 0.1) is 0 Å². The van der Waals surface area contributed by atoms with Crippen molar-refractivity contribution in [1.82, 2.24) is 5.32 Å². The van der Waals surface area contributed by atoms with E-state index in [9.17, 15) is 9.18 Å². The lowest BCUT2D eigenvalue weighted by atomic mass is 9.84. The van der Waals surface area contributed by atoms with E-state index in [1.165, 1.54) is 5.56 Å². The monoisotopic (exact) mass is 306 g/mol. The lowest BCUT2D eigenvalue weighted by molar-refractivity contribution is 0.0216. The van der Waals surface area contributed by atoms with Gasteiger partial charge in [0.2, 0.25) is 0 Å². The van der Waals surface area contributed by atoms with Gasteiger partial charge in [0.25, 0.3) is 0 Å². The van der Waals surface area contributed by atoms with Crippen LogP contribution in [0.2, 0.25) is 0 Å². The molecule has 0 heterocycles. The fraction of sp³-hybridized carbons (Fsp3) is 0.588. The first-order chi connectivity index (χ1) is 10.6. The minimum atomic E-state index is -1.19. The average molecular weight is 306 g/mol. The molecule has 5 heteroatoms. The fourth-order valence-corrected chi connectivity index (χ4v) is 3.37. The van der Waals surface area contributed by atoms with Crippen molar-refractivity contribution < 1.29 is 13.9 Å². The van der Waals surface area contributed by atoms with Crippen molar-refractivity contribution in [2.24, 2.45) is 5.73 Å². The van der Waals surface area contributed by atoms with E-state index in [0.717, 1.165) is 6.42 Å². The standard InChI is InChI=1S/C17H23FN2O2/c18-17(8-6-13(7-9-17)22-16(19)21)11-20-15-10-14(15)12-4-2-1-3-5-12/h1-5,13-15,20H,6-11H2,(H2,19,21)/t13?,14-,15+,17?/m0/s1. The van der Waals surface area contributed by atoms with E-state index < -0.39 is 11.8 Å². The zero-order chi connectivity index (χ0) is 15.6. The number of nitrogens with one attached hydrogen (secondary N) is 1. The summed E-state index contributed by atoms with van der Waals surface area (Å²) in [5, 5.41) is 3.36. The minimum Gasteiger partial charge on any atom is -0.446 e. The normalized spacial score (nSPS) is 34.1. The van der Waals surface area contributed by atoms with Crippen LogP contribution in [-0.4, -0.2) is 30.5 Å². The molecule has 0 spiro atoms. The van der Waals surface area contributed by atoms with Crippen LogP contribution in [0.3, 0.4) is 0 Å². The highest BCUT2D eigenvalue weighted by atomic mass is 19.1. The Labute approximate surface area is 130 Å². The number of carbonyl (C=O) groups is 1. The molecule has 0 aromatic heterocycles. The molecule has 4 nitrogen and oxygen atoms in total. The highest BCUT2D eigenvalue weighted by Gasteiger charge is 2.42. The third-order valence-corrected chi connectivity index (χ3v) is 4.81. The molecule has 0 radical (unpaired) electrons. The molecule has 3 rings (SSSR count). The van der Waals surface area contributed by atoms with Crippen LogP contribution in [0.1, 0.15) is 43.6 Å². The van der Waals surface area contributed by atoms with Gasteiger partial charge in [0.1, 0.15) is 11.8 Å². The Balaban J connectivity index is 1.42. The molecule has 0 aliphatic heterocycles. The molecule has 2 aliphatic carbocycles. The van der Waals surface area contributed by atoms with Crippen LogP contribution in [0.4, 0.5) is 9.18 Å². The van der Waals surface area contributed by atoms with Crippen molar-refractivity contribution in [3.05, 3.63) is 35.9 Å². The average Bonchev–Trinajstić information content (AvgIpc) is 3.28. The first kappa shape index (κ1) is 15.3. The first-order valence-electron chi connectivity index (χ1n) is 7.99. The van der Waals surface area contributed by atoms with Crippen LogP contribution in [0.25, 0.3) is 0 Å². The number of alkyl halides is 1. The molecular weight excluding hydrogens is 283 g/mol. The van der Waals surface area contributed by atoms with E-state index in [0.29, 0.717) is 44.2 Å². The Morgan fingerprint density at radius 3 is 2.64 bits per heavy atom. The van der Waals surface area contributed by atoms with Gasteiger partial charge >= 0.3 is 6.09 Å². The van der Waals surface area contributed by atoms with Crippen molar-refractivity contribution in [1.29, 1.82) is 0 Å². The van der Waals surface area contributed by atoms with E-state index in [2.05, 4.69) is 17.4 Å². The van der Waals surface area contributed by atoms with Crippen molar-refractivity contribution in [3.8, 4) is 0 Å². The zero-order valence-electron chi connectivity index (χ0n) is 12.6. The van der Waals surface area contributed by atoms with Gasteiger partial charge in [-0.15, -0.1) is 0 Å². The second-order valence-electron chi connectivity index (χ2n) is 6.53. The topological polar surface area (TPSA) is 64.4 Å². The molecule has 120 valence electrons. The van der Waals surface area contributed by atoms with Gasteiger partial charge in [0, 0.05) is 18.5 Å². The minimum absolute atomic E-state index is 0.223. The molecule has 1 aromatic rings. The smallest absolute Gasteiger partial charge is 0.404 e. The molecule has 3 N–H and O–H groups in total. The Morgan fingerprint density at radius 2 is 2.00 bits per heavy atom. The number of halogens is 1. The van der Waals surface area contributed by atoms with E-state index >= 15 is 0 Å². The maximum Gasteiger partial charge on any atom is 0.404 e. The molecular formula is C17H23FN2O2. The van der Waals surface area contributed by atoms with Crippen molar-refractivity contribution >= 4 is 6.09 Å². The van der Waals surface area contributed by atoms with E-state index in [1.54, 1.807) is 0 Å². The van der Waals surface area contributed by atoms with Crippen LogP contribution < -0.4 is 11.1 Å². The summed E-state index contributed by atoms with van der Waals surface area (Å²) in [6.07, 6.45) is 2.02. The van der Waals surface area contributed by atoms with Gasteiger partial charge in [-0.3, -0.25) is 0 Å². The number of hydrogen-bond donors (Lipinski definition) is 2. The van der Waals surface area contributed by atoms with Crippen LogP contribution in [-0.2, 0) is 4.74 Å². The predicted molar refractivity (Wildman–Crippen MR) is 82.4 cm³/mol. The fourth-order valence-electron chi connectivity index (χ4n) is 3.37. The van der Waals surface area contributed by atoms with Gasteiger partial charge < -0.3 is 15.8 Å². The van der Waals surface area contributed by atoms with Crippen molar-refractivity contribution in [2.45, 2.75) is 55.8 Å². The molecule has 22 heavy (non-hydrogen) atoms. The summed E-state index contributed by atoms with van der Waals surface area (Å²) in [5.74, 6) is 0.513. The molecule has 0 saturated heterocycles. The number of ether oxygens (including phenoxy) is 1. The summed E-state index contributed by atoms with van der Waals surface area (Å²) in [5.41, 5.74) is 5.13. The number of hydrogen-bond acceptors (Lipinski definition) is 3. The lowest BCUT2D eigenvalue weighted by Gasteiger charge is -2.33. The molecule has 0 unspecified atom stereocenters. The van der Waals surface area contributed by atoms with Crippen LogP contribution >= 0.6 is 0 Å². The summed E-state index contributed by atoms with van der Waals surface area (Å²) >= 11 is 0. The maximum absolute atomic E-state index is 14.8. The predicted octanol–water partition coefficient (Wildman–Crippen LogP) is 2.88. The summed E-state index contributed by atoms with van der Waals surface area (Å²) in [6.45, 7) is 0.379. The molecule has 1 aromatic carbocycles. The number of carbonyl (C=O) groups excluding carboxylic acids is 1. The number of nitrogens with two attached hydrogens (primary N) is 1. The summed E-state index contributed by atoms with van der Waals surface area (Å²) in [6, 6.07) is 10.7. The van der Waals surface area contributed by atoms with Gasteiger partial charge in [0.15, 0.2) is 0 Å². The van der Waals surface area contributed by atoms with Gasteiger partial charge in [-0.1, -0.05) is 30.3 Å². The largest absolute Gasteiger partial charge is 0.446 e. The van der Waals surface area contributed by atoms with Gasteiger partial charge in [-0.25, -0.2) is 9.18 Å². The van der Waals surface area contributed by atoms with Crippen molar-refractivity contribution in [3.63, 3.8) is 0 Å². The summed E-state index contributed by atoms with van der Waals surface area (Å²) in [7, 11) is 0. The first-order valence-corrected chi connectivity index (χ1v) is 7.99. The Kier molecular flexibility index (Phi) is 4.34. The van der Waals surface area contributed by atoms with E-state index in [1.807, 2.05) is 18.2 Å². The molecule has 2 fully saturated rings. The van der Waals surface area contributed by atoms with Gasteiger partial charge in [-0.2, -0.15) is 0 Å². The highest BCUT2D eigenvalue weighted by Crippen LogP contribution is 2.41. The number of rotatable bonds is 5. The summed E-state index contributed by atoms with van der Waals surface area (Å²) < 4.78 is 19.7. The maximum atomic E-state index is 14.8. The second-order valence-corrected chi connectivity index (χ2v) is 6.53. The highest BCUT2D eigenvalue weighted by molar-refractivity contribution is 5.64. The Hall–Kier alpha value is -1.62. The Morgan fingerprint density at radius 1 is 1.32 bits per heavy atom. The van der Waals surface area contributed by atoms with Crippen LogP contribution in [0.15, 0.2) is 30.3 Å². The molecule has 2 saturated carbocycles. The third kappa shape index (κ3) is 3.77. The SMILES string of the molecule is NC(=O)OC1CCC(F)(CN[C@@H]2C[C@H]2c2ccccc2)CC1.